The van der Waals surface area contributed by atoms with Crippen LogP contribution in [0, 0.1) is 18.6 Å². The van der Waals surface area contributed by atoms with Crippen molar-refractivity contribution in [1.82, 2.24) is 9.38 Å². The molecule has 142 valence electrons. The van der Waals surface area contributed by atoms with Crippen LogP contribution in [0.15, 0.2) is 71.9 Å². The summed E-state index contributed by atoms with van der Waals surface area (Å²) in [6, 6.07) is 13.0. The normalized spacial score (nSPS) is 11.7. The van der Waals surface area contributed by atoms with E-state index in [1.807, 2.05) is 41.9 Å². The number of imidazole rings is 1. The maximum atomic E-state index is 13.4. The summed E-state index contributed by atoms with van der Waals surface area (Å²) in [5.41, 5.74) is 3.52. The lowest BCUT2D eigenvalue weighted by Gasteiger charge is -2.09. The molecule has 0 aliphatic rings. The van der Waals surface area contributed by atoms with Gasteiger partial charge in [0.15, 0.2) is 11.6 Å². The minimum absolute atomic E-state index is 0.288. The summed E-state index contributed by atoms with van der Waals surface area (Å²) in [5.74, 6) is -2.33. The Morgan fingerprint density at radius 3 is 2.57 bits per heavy atom. The molecule has 8 heteroatoms. The monoisotopic (exact) mass is 399 g/mol. The molecule has 0 aliphatic heterocycles. The average molecular weight is 399 g/mol. The fraction of sp³-hybridized carbons (Fsp3) is 0.0500. The van der Waals surface area contributed by atoms with Gasteiger partial charge in [-0.3, -0.25) is 4.72 Å². The van der Waals surface area contributed by atoms with Crippen molar-refractivity contribution in [3.8, 4) is 11.3 Å². The molecule has 2 heterocycles. The van der Waals surface area contributed by atoms with Crippen LogP contribution in [0.25, 0.3) is 16.9 Å². The Hall–Kier alpha value is -3.26. The predicted octanol–water partition coefficient (Wildman–Crippen LogP) is 4.39. The molecular weight excluding hydrogens is 384 g/mol. The van der Waals surface area contributed by atoms with Crippen molar-refractivity contribution in [2.45, 2.75) is 11.8 Å². The molecule has 0 radical (unpaired) electrons. The van der Waals surface area contributed by atoms with Crippen LogP contribution in [0.4, 0.5) is 14.5 Å². The highest BCUT2D eigenvalue weighted by atomic mass is 32.2. The molecule has 2 aromatic heterocycles. The number of aromatic nitrogens is 2. The van der Waals surface area contributed by atoms with Crippen molar-refractivity contribution < 1.29 is 17.2 Å². The average Bonchev–Trinajstić information content (AvgIpc) is 3.09. The van der Waals surface area contributed by atoms with Gasteiger partial charge in [0, 0.05) is 23.6 Å². The van der Waals surface area contributed by atoms with Crippen LogP contribution < -0.4 is 4.72 Å². The molecule has 0 aliphatic carbocycles. The molecule has 0 unspecified atom stereocenters. The summed E-state index contributed by atoms with van der Waals surface area (Å²) in [7, 11) is -4.07. The van der Waals surface area contributed by atoms with Crippen molar-refractivity contribution >= 4 is 21.4 Å². The summed E-state index contributed by atoms with van der Waals surface area (Å²) in [4.78, 5) is 4.23. The zero-order valence-electron chi connectivity index (χ0n) is 14.7. The van der Waals surface area contributed by atoms with E-state index in [2.05, 4.69) is 9.71 Å². The first kappa shape index (κ1) is 18.1. The van der Waals surface area contributed by atoms with Gasteiger partial charge < -0.3 is 4.40 Å². The number of hydrogen-bond acceptors (Lipinski definition) is 3. The van der Waals surface area contributed by atoms with Crippen LogP contribution in [0.3, 0.4) is 0 Å². The minimum atomic E-state index is -4.07. The molecule has 0 saturated heterocycles. The number of nitrogens with one attached hydrogen (secondary N) is 1. The van der Waals surface area contributed by atoms with Crippen LogP contribution in [0.1, 0.15) is 5.56 Å². The van der Waals surface area contributed by atoms with E-state index in [-0.39, 0.29) is 10.6 Å². The molecule has 0 amide bonds. The molecule has 5 nitrogen and oxygen atoms in total. The fourth-order valence-corrected chi connectivity index (χ4v) is 3.95. The lowest BCUT2D eigenvalue weighted by molar-refractivity contribution is 0.504. The van der Waals surface area contributed by atoms with Gasteiger partial charge in [-0.2, -0.15) is 0 Å². The second-order valence-corrected chi connectivity index (χ2v) is 7.99. The molecule has 0 bridgehead atoms. The molecule has 4 aromatic rings. The summed E-state index contributed by atoms with van der Waals surface area (Å²) >= 11 is 0. The number of sulfonamides is 1. The lowest BCUT2D eigenvalue weighted by Crippen LogP contribution is -2.13. The van der Waals surface area contributed by atoms with E-state index in [1.54, 1.807) is 18.2 Å². The fourth-order valence-electron chi connectivity index (χ4n) is 2.89. The van der Waals surface area contributed by atoms with Crippen LogP contribution in [-0.4, -0.2) is 17.8 Å². The molecule has 1 N–H and O–H groups in total. The van der Waals surface area contributed by atoms with Gasteiger partial charge in [-0.25, -0.2) is 22.2 Å². The van der Waals surface area contributed by atoms with Gasteiger partial charge in [0.25, 0.3) is 10.0 Å². The lowest BCUT2D eigenvalue weighted by atomic mass is 10.1. The maximum Gasteiger partial charge on any atom is 0.261 e. The van der Waals surface area contributed by atoms with Crippen molar-refractivity contribution in [3.05, 3.63) is 84.2 Å². The van der Waals surface area contributed by atoms with Gasteiger partial charge in [0.1, 0.15) is 5.65 Å². The van der Waals surface area contributed by atoms with E-state index in [9.17, 15) is 17.2 Å². The van der Waals surface area contributed by atoms with Gasteiger partial charge in [0.2, 0.25) is 0 Å². The van der Waals surface area contributed by atoms with Crippen molar-refractivity contribution in [2.75, 3.05) is 4.72 Å². The first-order valence-electron chi connectivity index (χ1n) is 8.36. The number of nitrogens with zero attached hydrogens (tertiary/aromatic N) is 2. The first-order valence-corrected chi connectivity index (χ1v) is 9.84. The van der Waals surface area contributed by atoms with Gasteiger partial charge in [-0.15, -0.1) is 0 Å². The van der Waals surface area contributed by atoms with Crippen molar-refractivity contribution in [3.63, 3.8) is 0 Å². The number of fused-ring (bicyclic) bond motifs is 1. The third-order valence-electron chi connectivity index (χ3n) is 4.29. The summed E-state index contributed by atoms with van der Waals surface area (Å²) in [6.07, 6.45) is 3.74. The minimum Gasteiger partial charge on any atom is -0.306 e. The Bertz CT molecular complexity index is 1300. The zero-order valence-corrected chi connectivity index (χ0v) is 15.5. The largest absolute Gasteiger partial charge is 0.306 e. The summed E-state index contributed by atoms with van der Waals surface area (Å²) in [6.45, 7) is 1.96. The first-order chi connectivity index (χ1) is 13.3. The third-order valence-corrected chi connectivity index (χ3v) is 5.67. The van der Waals surface area contributed by atoms with Crippen LogP contribution in [-0.2, 0) is 10.0 Å². The molecule has 0 atom stereocenters. The van der Waals surface area contributed by atoms with E-state index in [1.165, 1.54) is 0 Å². The molecule has 0 fully saturated rings. The van der Waals surface area contributed by atoms with E-state index in [0.717, 1.165) is 23.3 Å². The summed E-state index contributed by atoms with van der Waals surface area (Å²) < 4.78 is 55.7. The van der Waals surface area contributed by atoms with Crippen LogP contribution in [0.2, 0.25) is 0 Å². The predicted molar refractivity (Wildman–Crippen MR) is 103 cm³/mol. The zero-order chi connectivity index (χ0) is 19.9. The maximum absolute atomic E-state index is 13.4. The van der Waals surface area contributed by atoms with E-state index in [4.69, 9.17) is 0 Å². The number of benzene rings is 2. The standard InChI is InChI=1S/C20H15F2N3O2S/c1-13-4-3-9-25-12-19(23-20(13)25)14-5-2-6-15(10-14)24-28(26,27)16-7-8-17(21)18(22)11-16/h2-12,24H,1H3. The highest BCUT2D eigenvalue weighted by molar-refractivity contribution is 7.92. The Morgan fingerprint density at radius 2 is 1.82 bits per heavy atom. The Kier molecular flexibility index (Phi) is 4.35. The van der Waals surface area contributed by atoms with E-state index < -0.39 is 21.7 Å². The van der Waals surface area contributed by atoms with Crippen molar-refractivity contribution in [1.29, 1.82) is 0 Å². The second-order valence-electron chi connectivity index (χ2n) is 6.31. The smallest absolute Gasteiger partial charge is 0.261 e. The van der Waals surface area contributed by atoms with Crippen LogP contribution >= 0.6 is 0 Å². The van der Waals surface area contributed by atoms with Gasteiger partial charge in [-0.1, -0.05) is 18.2 Å². The SMILES string of the molecule is Cc1cccn2cc(-c3cccc(NS(=O)(=O)c4ccc(F)c(F)c4)c3)nc12. The van der Waals surface area contributed by atoms with Gasteiger partial charge in [-0.05, 0) is 48.9 Å². The molecular formula is C20H15F2N3O2S. The molecule has 2 aromatic carbocycles. The van der Waals surface area contributed by atoms with Crippen LogP contribution in [0.5, 0.6) is 0 Å². The highest BCUT2D eigenvalue weighted by Gasteiger charge is 2.17. The van der Waals surface area contributed by atoms with Crippen molar-refractivity contribution in [2.24, 2.45) is 0 Å². The second kappa shape index (κ2) is 6.72. The Morgan fingerprint density at radius 1 is 1.00 bits per heavy atom. The van der Waals surface area contributed by atoms with Gasteiger partial charge in [0.05, 0.1) is 10.6 Å². The van der Waals surface area contributed by atoms with E-state index >= 15 is 0 Å². The molecule has 4 rings (SSSR count). The number of halogens is 2. The number of rotatable bonds is 4. The number of aryl methyl sites for hydroxylation is 1. The Labute approximate surface area is 160 Å². The molecule has 0 saturated carbocycles. The third kappa shape index (κ3) is 3.34. The molecule has 0 spiro atoms. The highest BCUT2D eigenvalue weighted by Crippen LogP contribution is 2.25. The number of hydrogen-bond donors (Lipinski definition) is 1. The Balaban J connectivity index is 1.68. The molecule has 28 heavy (non-hydrogen) atoms. The summed E-state index contributed by atoms with van der Waals surface area (Å²) in [5, 5.41) is 0. The van der Waals surface area contributed by atoms with Gasteiger partial charge >= 0.3 is 0 Å². The topological polar surface area (TPSA) is 63.5 Å². The number of anilines is 1. The quantitative estimate of drug-likeness (QED) is 0.554. The number of pyridine rings is 1. The van der Waals surface area contributed by atoms with E-state index in [0.29, 0.717) is 17.3 Å².